The van der Waals surface area contributed by atoms with E-state index < -0.39 is 17.9 Å². The van der Waals surface area contributed by atoms with E-state index in [4.69, 9.17) is 14.2 Å². The van der Waals surface area contributed by atoms with Crippen LogP contribution < -0.4 is 4.74 Å². The SMILES string of the molecule is CCOC(=O)C(/C=C1/Oc2ccccc2C1=O)C(=O)OCC. The van der Waals surface area contributed by atoms with E-state index in [-0.39, 0.29) is 24.8 Å². The zero-order valence-corrected chi connectivity index (χ0v) is 12.3. The van der Waals surface area contributed by atoms with Gasteiger partial charge in [-0.05, 0) is 32.1 Å². The molecule has 0 aliphatic carbocycles. The molecule has 0 fully saturated rings. The quantitative estimate of drug-likeness (QED) is 0.469. The molecule has 1 aliphatic rings. The minimum atomic E-state index is -1.33. The summed E-state index contributed by atoms with van der Waals surface area (Å²) in [7, 11) is 0. The Bertz CT molecular complexity index is 613. The second-order valence-corrected chi connectivity index (χ2v) is 4.44. The Morgan fingerprint density at radius 3 is 2.27 bits per heavy atom. The minimum Gasteiger partial charge on any atom is -0.465 e. The Hall–Kier alpha value is -2.63. The van der Waals surface area contributed by atoms with E-state index in [0.29, 0.717) is 11.3 Å². The van der Waals surface area contributed by atoms with Crippen LogP contribution in [0.15, 0.2) is 36.1 Å². The van der Waals surface area contributed by atoms with Crippen LogP contribution in [0.4, 0.5) is 0 Å². The second-order valence-electron chi connectivity index (χ2n) is 4.44. The molecule has 0 spiro atoms. The molecule has 0 bridgehead atoms. The molecule has 0 amide bonds. The van der Waals surface area contributed by atoms with Gasteiger partial charge in [-0.3, -0.25) is 14.4 Å². The van der Waals surface area contributed by atoms with E-state index in [1.165, 1.54) is 0 Å². The van der Waals surface area contributed by atoms with Crippen molar-refractivity contribution in [1.82, 2.24) is 0 Å². The highest BCUT2D eigenvalue weighted by Crippen LogP contribution is 2.31. The number of Topliss-reactive ketones (excluding diaryl/α,β-unsaturated/α-hetero) is 1. The molecule has 116 valence electrons. The maximum Gasteiger partial charge on any atom is 0.324 e. The van der Waals surface area contributed by atoms with E-state index >= 15 is 0 Å². The summed E-state index contributed by atoms with van der Waals surface area (Å²) in [5.41, 5.74) is 0.389. The smallest absolute Gasteiger partial charge is 0.324 e. The van der Waals surface area contributed by atoms with Crippen molar-refractivity contribution in [2.45, 2.75) is 13.8 Å². The zero-order chi connectivity index (χ0) is 16.1. The first-order valence-corrected chi connectivity index (χ1v) is 6.95. The summed E-state index contributed by atoms with van der Waals surface area (Å²) in [4.78, 5) is 36.0. The van der Waals surface area contributed by atoms with Gasteiger partial charge in [0.05, 0.1) is 18.8 Å². The third-order valence-electron chi connectivity index (χ3n) is 2.97. The monoisotopic (exact) mass is 304 g/mol. The van der Waals surface area contributed by atoms with Gasteiger partial charge in [0.25, 0.3) is 0 Å². The lowest BCUT2D eigenvalue weighted by atomic mass is 10.1. The van der Waals surface area contributed by atoms with Crippen LogP contribution >= 0.6 is 0 Å². The third kappa shape index (κ3) is 3.16. The molecule has 1 heterocycles. The number of ketones is 1. The molecular weight excluding hydrogens is 288 g/mol. The largest absolute Gasteiger partial charge is 0.465 e. The zero-order valence-electron chi connectivity index (χ0n) is 12.3. The molecule has 0 unspecified atom stereocenters. The summed E-state index contributed by atoms with van der Waals surface area (Å²) < 4.78 is 15.1. The van der Waals surface area contributed by atoms with Gasteiger partial charge in [0, 0.05) is 0 Å². The topological polar surface area (TPSA) is 78.9 Å². The number of carbonyl (C=O) groups is 3. The third-order valence-corrected chi connectivity index (χ3v) is 2.97. The molecule has 1 aliphatic heterocycles. The van der Waals surface area contributed by atoms with Crippen molar-refractivity contribution in [3.8, 4) is 5.75 Å². The molecule has 2 rings (SSSR count). The molecule has 0 atom stereocenters. The van der Waals surface area contributed by atoms with Gasteiger partial charge in [-0.15, -0.1) is 0 Å². The first-order chi connectivity index (χ1) is 10.6. The molecule has 22 heavy (non-hydrogen) atoms. The van der Waals surface area contributed by atoms with Crippen LogP contribution in [0.5, 0.6) is 5.75 Å². The Balaban J connectivity index is 2.29. The van der Waals surface area contributed by atoms with Crippen molar-refractivity contribution in [1.29, 1.82) is 0 Å². The normalized spacial score (nSPS) is 14.7. The number of allylic oxidation sites excluding steroid dienone is 1. The fourth-order valence-electron chi connectivity index (χ4n) is 2.00. The highest BCUT2D eigenvalue weighted by atomic mass is 16.6. The summed E-state index contributed by atoms with van der Waals surface area (Å²) in [5, 5.41) is 0. The van der Waals surface area contributed by atoms with Crippen molar-refractivity contribution in [2.24, 2.45) is 5.92 Å². The van der Waals surface area contributed by atoms with Crippen molar-refractivity contribution >= 4 is 17.7 Å². The summed E-state index contributed by atoms with van der Waals surface area (Å²) in [6.07, 6.45) is 1.15. The molecule has 1 aromatic carbocycles. The summed E-state index contributed by atoms with van der Waals surface area (Å²) in [6.45, 7) is 3.49. The molecule has 0 N–H and O–H groups in total. The van der Waals surface area contributed by atoms with E-state index in [1.54, 1.807) is 38.1 Å². The number of ether oxygens (including phenoxy) is 3. The Morgan fingerprint density at radius 1 is 1.14 bits per heavy atom. The first-order valence-electron chi connectivity index (χ1n) is 6.95. The van der Waals surface area contributed by atoms with Gasteiger partial charge in [-0.1, -0.05) is 12.1 Å². The van der Waals surface area contributed by atoms with Crippen LogP contribution in [0.3, 0.4) is 0 Å². The van der Waals surface area contributed by atoms with Crippen molar-refractivity contribution < 1.29 is 28.6 Å². The van der Waals surface area contributed by atoms with Crippen LogP contribution in [0, 0.1) is 5.92 Å². The average molecular weight is 304 g/mol. The lowest BCUT2D eigenvalue weighted by Crippen LogP contribution is -2.27. The van der Waals surface area contributed by atoms with E-state index in [0.717, 1.165) is 6.08 Å². The van der Waals surface area contributed by atoms with Crippen molar-refractivity contribution in [3.05, 3.63) is 41.7 Å². The molecular formula is C16H16O6. The van der Waals surface area contributed by atoms with Crippen LogP contribution in [-0.4, -0.2) is 30.9 Å². The summed E-state index contributed by atoms with van der Waals surface area (Å²) in [6, 6.07) is 6.68. The summed E-state index contributed by atoms with van der Waals surface area (Å²) >= 11 is 0. The molecule has 0 radical (unpaired) electrons. The lowest BCUT2D eigenvalue weighted by molar-refractivity contribution is -0.159. The number of carbonyl (C=O) groups excluding carboxylic acids is 3. The molecule has 6 nitrogen and oxygen atoms in total. The number of benzene rings is 1. The number of hydrogen-bond acceptors (Lipinski definition) is 6. The maximum absolute atomic E-state index is 12.2. The standard InChI is InChI=1S/C16H16O6/c1-3-20-15(18)11(16(19)21-4-2)9-13-14(17)10-7-5-6-8-12(10)22-13/h5-9,11H,3-4H2,1-2H3/b13-9+. The van der Waals surface area contributed by atoms with Gasteiger partial charge in [0.1, 0.15) is 5.75 Å². The van der Waals surface area contributed by atoms with Crippen LogP contribution in [-0.2, 0) is 19.1 Å². The second kappa shape index (κ2) is 6.89. The van der Waals surface area contributed by atoms with E-state index in [1.807, 2.05) is 0 Å². The van der Waals surface area contributed by atoms with Crippen LogP contribution in [0.2, 0.25) is 0 Å². The van der Waals surface area contributed by atoms with Crippen LogP contribution in [0.1, 0.15) is 24.2 Å². The molecule has 0 saturated carbocycles. The predicted octanol–water partition coefficient (Wildman–Crippen LogP) is 1.89. The van der Waals surface area contributed by atoms with E-state index in [2.05, 4.69) is 0 Å². The highest BCUT2D eigenvalue weighted by molar-refractivity contribution is 6.13. The van der Waals surface area contributed by atoms with Gasteiger partial charge in [0.2, 0.25) is 5.78 Å². The number of fused-ring (bicyclic) bond motifs is 1. The van der Waals surface area contributed by atoms with Gasteiger partial charge < -0.3 is 14.2 Å². The lowest BCUT2D eigenvalue weighted by Gasteiger charge is -2.11. The Kier molecular flexibility index (Phi) is 4.93. The van der Waals surface area contributed by atoms with E-state index in [9.17, 15) is 14.4 Å². The Labute approximate surface area is 127 Å². The molecule has 0 aromatic heterocycles. The number of esters is 2. The molecule has 1 aromatic rings. The first kappa shape index (κ1) is 15.8. The number of rotatable bonds is 5. The van der Waals surface area contributed by atoms with Gasteiger partial charge >= 0.3 is 11.9 Å². The maximum atomic E-state index is 12.2. The van der Waals surface area contributed by atoms with Crippen molar-refractivity contribution in [2.75, 3.05) is 13.2 Å². The predicted molar refractivity (Wildman–Crippen MR) is 76.2 cm³/mol. The number of hydrogen-bond donors (Lipinski definition) is 0. The van der Waals surface area contributed by atoms with Crippen LogP contribution in [0.25, 0.3) is 0 Å². The van der Waals surface area contributed by atoms with Gasteiger partial charge in [-0.2, -0.15) is 0 Å². The van der Waals surface area contributed by atoms with Crippen molar-refractivity contribution in [3.63, 3.8) is 0 Å². The molecule has 0 saturated heterocycles. The molecule has 6 heteroatoms. The number of para-hydroxylation sites is 1. The summed E-state index contributed by atoms with van der Waals surface area (Å²) in [5.74, 6) is -2.94. The fourth-order valence-corrected chi connectivity index (χ4v) is 2.00. The highest BCUT2D eigenvalue weighted by Gasteiger charge is 2.33. The van der Waals surface area contributed by atoms with Gasteiger partial charge in [-0.25, -0.2) is 0 Å². The fraction of sp³-hybridized carbons (Fsp3) is 0.312. The van der Waals surface area contributed by atoms with Gasteiger partial charge in [0.15, 0.2) is 11.7 Å². The Morgan fingerprint density at radius 2 is 1.73 bits per heavy atom. The minimum absolute atomic E-state index is 0.0766. The average Bonchev–Trinajstić information content (AvgIpc) is 2.82.